The largest absolute Gasteiger partial charge is 0.436 e. The molecule has 40 heavy (non-hydrogen) atoms. The Bertz CT molecular complexity index is 1390. The number of fused-ring (bicyclic) bond motifs is 1. The minimum Gasteiger partial charge on any atom is -0.436 e. The maximum Gasteiger partial charge on any atom is 0.410 e. The van der Waals surface area contributed by atoms with Gasteiger partial charge in [-0.15, -0.1) is 0 Å². The van der Waals surface area contributed by atoms with Gasteiger partial charge in [0, 0.05) is 20.3 Å². The first-order chi connectivity index (χ1) is 19.0. The Labute approximate surface area is 234 Å². The van der Waals surface area contributed by atoms with Crippen molar-refractivity contribution < 1.29 is 19.4 Å². The summed E-state index contributed by atoms with van der Waals surface area (Å²) >= 11 is 0. The standard InChI is InChI=1S/C29H40N6O5/c1-19(2)17-20-11-9-12-21-26(20)32-24(30-21)18-35-16-10-13-22(28(35)38)31-27(37)23(40-29(39)34(5)6)14-7-8-15-25(36)33(3)4/h8-13,15-16,19,23,25,36H,7,14,17-18H2,1-6H3,(H,30,32)(H,31,37)/b15-8+/t23-,25?/m0/s1. The van der Waals surface area contributed by atoms with E-state index in [1.54, 1.807) is 43.4 Å². The number of nitrogens with zero attached hydrogens (tertiary/aromatic N) is 4. The van der Waals surface area contributed by atoms with Crippen LogP contribution in [0.15, 0.2) is 53.5 Å². The number of H-pyrrole nitrogens is 1. The van der Waals surface area contributed by atoms with Crippen molar-refractivity contribution in [3.63, 3.8) is 0 Å². The molecule has 0 bridgehead atoms. The van der Waals surface area contributed by atoms with Gasteiger partial charge >= 0.3 is 6.09 Å². The summed E-state index contributed by atoms with van der Waals surface area (Å²) in [5.41, 5.74) is 2.59. The Hall–Kier alpha value is -3.96. The molecule has 0 saturated carbocycles. The Kier molecular flexibility index (Phi) is 10.6. The Balaban J connectivity index is 1.76. The van der Waals surface area contributed by atoms with E-state index in [2.05, 4.69) is 30.2 Å². The van der Waals surface area contributed by atoms with E-state index >= 15 is 0 Å². The maximum absolute atomic E-state index is 13.2. The number of hydrogen-bond donors (Lipinski definition) is 3. The van der Waals surface area contributed by atoms with Crippen molar-refractivity contribution in [2.45, 2.75) is 52.0 Å². The van der Waals surface area contributed by atoms with E-state index in [0.29, 0.717) is 18.2 Å². The highest BCUT2D eigenvalue weighted by molar-refractivity contribution is 5.95. The lowest BCUT2D eigenvalue weighted by Crippen LogP contribution is -2.37. The van der Waals surface area contributed by atoms with Gasteiger partial charge in [-0.1, -0.05) is 32.1 Å². The first kappa shape index (κ1) is 30.6. The van der Waals surface area contributed by atoms with Gasteiger partial charge < -0.3 is 29.6 Å². The number of ether oxygens (including phenoxy) is 1. The molecule has 0 fully saturated rings. The molecule has 0 aliphatic carbocycles. The molecule has 3 rings (SSSR count). The number of allylic oxidation sites excluding steroid dienone is 1. The number of aliphatic hydroxyl groups is 1. The number of carbonyl (C=O) groups excluding carboxylic acids is 2. The summed E-state index contributed by atoms with van der Waals surface area (Å²) in [7, 11) is 6.50. The normalized spacial score (nSPS) is 13.2. The number of rotatable bonds is 12. The number of nitrogens with one attached hydrogen (secondary N) is 2. The number of aromatic amines is 1. The third-order valence-electron chi connectivity index (χ3n) is 6.21. The zero-order valence-corrected chi connectivity index (χ0v) is 24.0. The van der Waals surface area contributed by atoms with Crippen LogP contribution in [0.3, 0.4) is 0 Å². The van der Waals surface area contributed by atoms with Gasteiger partial charge in [0.25, 0.3) is 11.5 Å². The predicted octanol–water partition coefficient (Wildman–Crippen LogP) is 3.19. The molecular formula is C29H40N6O5. The Morgan fingerprint density at radius 2 is 1.93 bits per heavy atom. The van der Waals surface area contributed by atoms with Crippen LogP contribution in [0.2, 0.25) is 0 Å². The third-order valence-corrected chi connectivity index (χ3v) is 6.21. The highest BCUT2D eigenvalue weighted by Gasteiger charge is 2.24. The number of hydrogen-bond acceptors (Lipinski definition) is 7. The molecule has 3 aromatic rings. The molecule has 0 aliphatic rings. The highest BCUT2D eigenvalue weighted by Crippen LogP contribution is 2.20. The average molecular weight is 553 g/mol. The molecule has 1 aromatic carbocycles. The summed E-state index contributed by atoms with van der Waals surface area (Å²) in [6, 6.07) is 9.18. The van der Waals surface area contributed by atoms with Gasteiger partial charge in [0.2, 0.25) is 0 Å². The molecule has 2 amide bonds. The summed E-state index contributed by atoms with van der Waals surface area (Å²) in [5, 5.41) is 12.5. The second-order valence-corrected chi connectivity index (χ2v) is 10.6. The van der Waals surface area contributed by atoms with E-state index in [0.717, 1.165) is 23.0 Å². The van der Waals surface area contributed by atoms with Crippen LogP contribution in [0.5, 0.6) is 0 Å². The summed E-state index contributed by atoms with van der Waals surface area (Å²) in [4.78, 5) is 49.4. The fourth-order valence-corrected chi connectivity index (χ4v) is 4.06. The van der Waals surface area contributed by atoms with Crippen LogP contribution in [0.1, 0.15) is 38.1 Å². The lowest BCUT2D eigenvalue weighted by molar-refractivity contribution is -0.124. The lowest BCUT2D eigenvalue weighted by Gasteiger charge is -2.20. The maximum atomic E-state index is 13.2. The minimum absolute atomic E-state index is 0.0635. The lowest BCUT2D eigenvalue weighted by atomic mass is 10.0. The number of aliphatic hydroxyl groups excluding tert-OH is 1. The summed E-state index contributed by atoms with van der Waals surface area (Å²) in [5.74, 6) is 0.491. The first-order valence-corrected chi connectivity index (χ1v) is 13.3. The summed E-state index contributed by atoms with van der Waals surface area (Å²) in [6.45, 7) is 4.50. The zero-order chi connectivity index (χ0) is 29.4. The number of benzene rings is 1. The van der Waals surface area contributed by atoms with Crippen LogP contribution < -0.4 is 10.9 Å². The average Bonchev–Trinajstić information content (AvgIpc) is 3.31. The van der Waals surface area contributed by atoms with Crippen molar-refractivity contribution in [2.24, 2.45) is 5.92 Å². The van der Waals surface area contributed by atoms with Gasteiger partial charge in [0.15, 0.2) is 6.10 Å². The number of pyridine rings is 1. The molecule has 3 N–H and O–H groups in total. The smallest absolute Gasteiger partial charge is 0.410 e. The van der Waals surface area contributed by atoms with Crippen molar-refractivity contribution >= 4 is 28.7 Å². The van der Waals surface area contributed by atoms with Crippen LogP contribution in [0, 0.1) is 5.92 Å². The van der Waals surface area contributed by atoms with Crippen molar-refractivity contribution in [2.75, 3.05) is 33.5 Å². The number of imidazole rings is 1. The number of likely N-dealkylation sites (N-methyl/N-ethyl adjacent to an activating group) is 1. The molecule has 11 heteroatoms. The number of para-hydroxylation sites is 1. The topological polar surface area (TPSA) is 133 Å². The van der Waals surface area contributed by atoms with Crippen LogP contribution in [0.4, 0.5) is 10.5 Å². The zero-order valence-electron chi connectivity index (χ0n) is 24.0. The fourth-order valence-electron chi connectivity index (χ4n) is 4.06. The molecule has 216 valence electrons. The van der Waals surface area contributed by atoms with E-state index in [9.17, 15) is 19.5 Å². The number of anilines is 1. The highest BCUT2D eigenvalue weighted by atomic mass is 16.6. The molecule has 2 aromatic heterocycles. The molecule has 2 heterocycles. The third kappa shape index (κ3) is 8.27. The fraction of sp³-hybridized carbons (Fsp3) is 0.448. The van der Waals surface area contributed by atoms with Crippen LogP contribution in [0.25, 0.3) is 11.0 Å². The van der Waals surface area contributed by atoms with Gasteiger partial charge in [-0.3, -0.25) is 14.5 Å². The predicted molar refractivity (Wildman–Crippen MR) is 155 cm³/mol. The quantitative estimate of drug-likeness (QED) is 0.232. The molecule has 0 saturated heterocycles. The van der Waals surface area contributed by atoms with Gasteiger partial charge in [-0.2, -0.15) is 0 Å². The van der Waals surface area contributed by atoms with E-state index in [1.165, 1.54) is 29.6 Å². The Morgan fingerprint density at radius 3 is 2.60 bits per heavy atom. The van der Waals surface area contributed by atoms with Gasteiger partial charge in [-0.25, -0.2) is 9.78 Å². The number of aromatic nitrogens is 3. The molecule has 2 atom stereocenters. The van der Waals surface area contributed by atoms with E-state index in [4.69, 9.17) is 9.72 Å². The first-order valence-electron chi connectivity index (χ1n) is 13.3. The number of carbonyl (C=O) groups is 2. The van der Waals surface area contributed by atoms with Crippen molar-refractivity contribution in [3.05, 3.63) is 70.4 Å². The summed E-state index contributed by atoms with van der Waals surface area (Å²) < 4.78 is 6.84. The van der Waals surface area contributed by atoms with E-state index in [1.807, 2.05) is 12.1 Å². The monoisotopic (exact) mass is 552 g/mol. The summed E-state index contributed by atoms with van der Waals surface area (Å²) in [6.07, 6.45) is 3.77. The molecule has 11 nitrogen and oxygen atoms in total. The van der Waals surface area contributed by atoms with Crippen LogP contribution in [-0.4, -0.2) is 82.0 Å². The number of amides is 2. The van der Waals surface area contributed by atoms with Gasteiger partial charge in [-0.05, 0) is 69.1 Å². The molecule has 0 radical (unpaired) electrons. The van der Waals surface area contributed by atoms with Gasteiger partial charge in [0.05, 0.1) is 17.6 Å². The van der Waals surface area contributed by atoms with Gasteiger partial charge in [0.1, 0.15) is 17.7 Å². The second-order valence-electron chi connectivity index (χ2n) is 10.6. The van der Waals surface area contributed by atoms with E-state index in [-0.39, 0.29) is 18.7 Å². The van der Waals surface area contributed by atoms with Crippen molar-refractivity contribution in [1.29, 1.82) is 0 Å². The van der Waals surface area contributed by atoms with Crippen LogP contribution in [-0.2, 0) is 22.5 Å². The second kappa shape index (κ2) is 13.9. The Morgan fingerprint density at radius 1 is 1.18 bits per heavy atom. The SMILES string of the molecule is CC(C)Cc1cccc2[nH]c(Cn3cccc(NC(=O)[C@H](CC/C=C/C(O)N(C)C)OC(=O)N(C)C)c3=O)nc12. The van der Waals surface area contributed by atoms with Crippen molar-refractivity contribution in [3.8, 4) is 0 Å². The minimum atomic E-state index is -1.14. The van der Waals surface area contributed by atoms with E-state index < -0.39 is 29.9 Å². The molecule has 0 aliphatic heterocycles. The van der Waals surface area contributed by atoms with Crippen molar-refractivity contribution in [1.82, 2.24) is 24.3 Å². The molecular weight excluding hydrogens is 512 g/mol. The molecule has 0 spiro atoms. The molecule has 1 unspecified atom stereocenters. The van der Waals surface area contributed by atoms with Crippen LogP contribution >= 0.6 is 0 Å².